The molecule has 0 radical (unpaired) electrons. The maximum Gasteiger partial charge on any atom is 0.261 e. The SMILES string of the molecule is CC(C)(C)CC(CO)NC(=O)c1ccc(-c2ccco2)[nH]c1=O. The number of H-pyrrole nitrogens is 1. The van der Waals surface area contributed by atoms with Crippen molar-refractivity contribution in [1.82, 2.24) is 10.3 Å². The van der Waals surface area contributed by atoms with Crippen molar-refractivity contribution in [2.45, 2.75) is 33.2 Å². The smallest absolute Gasteiger partial charge is 0.261 e. The van der Waals surface area contributed by atoms with Crippen LogP contribution in [0.3, 0.4) is 0 Å². The van der Waals surface area contributed by atoms with Crippen LogP contribution in [0.4, 0.5) is 0 Å². The topological polar surface area (TPSA) is 95.3 Å². The van der Waals surface area contributed by atoms with E-state index < -0.39 is 17.5 Å². The Hall–Kier alpha value is -2.34. The third-order valence-corrected chi connectivity index (χ3v) is 3.36. The van der Waals surface area contributed by atoms with E-state index in [0.717, 1.165) is 0 Å². The largest absolute Gasteiger partial charge is 0.463 e. The summed E-state index contributed by atoms with van der Waals surface area (Å²) in [6.07, 6.45) is 2.12. The normalized spacial score (nSPS) is 12.9. The van der Waals surface area contributed by atoms with Gasteiger partial charge in [0.25, 0.3) is 11.5 Å². The monoisotopic (exact) mass is 318 g/mol. The van der Waals surface area contributed by atoms with Crippen LogP contribution in [0.5, 0.6) is 0 Å². The summed E-state index contributed by atoms with van der Waals surface area (Å²) in [6, 6.07) is 6.11. The van der Waals surface area contributed by atoms with Gasteiger partial charge in [-0.3, -0.25) is 9.59 Å². The van der Waals surface area contributed by atoms with E-state index in [9.17, 15) is 14.7 Å². The second-order valence-electron chi connectivity index (χ2n) is 6.71. The van der Waals surface area contributed by atoms with Gasteiger partial charge in [-0.15, -0.1) is 0 Å². The van der Waals surface area contributed by atoms with E-state index in [1.807, 2.05) is 20.8 Å². The second-order valence-corrected chi connectivity index (χ2v) is 6.71. The van der Waals surface area contributed by atoms with Gasteiger partial charge in [-0.2, -0.15) is 0 Å². The fourth-order valence-corrected chi connectivity index (χ4v) is 2.39. The minimum Gasteiger partial charge on any atom is -0.463 e. The fraction of sp³-hybridized carbons (Fsp3) is 0.412. The van der Waals surface area contributed by atoms with E-state index in [2.05, 4.69) is 10.3 Å². The van der Waals surface area contributed by atoms with Crippen molar-refractivity contribution in [3.05, 3.63) is 46.4 Å². The average Bonchev–Trinajstić information content (AvgIpc) is 2.98. The van der Waals surface area contributed by atoms with E-state index in [1.54, 1.807) is 18.2 Å². The van der Waals surface area contributed by atoms with E-state index in [-0.39, 0.29) is 17.6 Å². The van der Waals surface area contributed by atoms with Gasteiger partial charge in [-0.05, 0) is 36.1 Å². The molecule has 2 aromatic heterocycles. The Morgan fingerprint density at radius 2 is 2.09 bits per heavy atom. The van der Waals surface area contributed by atoms with Crippen LogP contribution in [0.2, 0.25) is 0 Å². The molecule has 23 heavy (non-hydrogen) atoms. The molecule has 6 nitrogen and oxygen atoms in total. The molecule has 3 N–H and O–H groups in total. The zero-order chi connectivity index (χ0) is 17.0. The van der Waals surface area contributed by atoms with Crippen LogP contribution in [-0.4, -0.2) is 28.6 Å². The Morgan fingerprint density at radius 3 is 2.61 bits per heavy atom. The predicted molar refractivity (Wildman–Crippen MR) is 87.2 cm³/mol. The molecule has 0 fully saturated rings. The number of pyridine rings is 1. The number of carbonyl (C=O) groups is 1. The summed E-state index contributed by atoms with van der Waals surface area (Å²) in [6.45, 7) is 5.89. The summed E-state index contributed by atoms with van der Waals surface area (Å²) in [4.78, 5) is 27.0. The highest BCUT2D eigenvalue weighted by atomic mass is 16.3. The number of furan rings is 1. The van der Waals surface area contributed by atoms with Crippen molar-refractivity contribution in [1.29, 1.82) is 0 Å². The van der Waals surface area contributed by atoms with Crippen LogP contribution in [0.15, 0.2) is 39.7 Å². The number of aromatic nitrogens is 1. The van der Waals surface area contributed by atoms with Crippen molar-refractivity contribution in [2.75, 3.05) is 6.61 Å². The van der Waals surface area contributed by atoms with Crippen LogP contribution in [0, 0.1) is 5.41 Å². The minimum absolute atomic E-state index is 0.00710. The summed E-state index contributed by atoms with van der Waals surface area (Å²) in [5.74, 6) is 0.0237. The van der Waals surface area contributed by atoms with Gasteiger partial charge in [0.2, 0.25) is 0 Å². The van der Waals surface area contributed by atoms with Crippen molar-refractivity contribution >= 4 is 5.91 Å². The van der Waals surface area contributed by atoms with Crippen molar-refractivity contribution < 1.29 is 14.3 Å². The standard InChI is InChI=1S/C17H22N2O4/c1-17(2,3)9-11(10-20)18-15(21)12-6-7-13(19-16(12)22)14-5-4-8-23-14/h4-8,11,20H,9-10H2,1-3H3,(H,18,21)(H,19,22). The summed E-state index contributed by atoms with van der Waals surface area (Å²) < 4.78 is 5.21. The number of amides is 1. The van der Waals surface area contributed by atoms with Gasteiger partial charge in [0.15, 0.2) is 0 Å². The number of nitrogens with one attached hydrogen (secondary N) is 2. The highest BCUT2D eigenvalue weighted by Crippen LogP contribution is 2.21. The molecule has 1 unspecified atom stereocenters. The van der Waals surface area contributed by atoms with Crippen molar-refractivity contribution in [2.24, 2.45) is 5.41 Å². The first-order valence-corrected chi connectivity index (χ1v) is 7.49. The summed E-state index contributed by atoms with van der Waals surface area (Å²) in [5.41, 5.74) is -0.0302. The maximum atomic E-state index is 12.3. The quantitative estimate of drug-likeness (QED) is 0.787. The third-order valence-electron chi connectivity index (χ3n) is 3.36. The number of hydrogen-bond acceptors (Lipinski definition) is 4. The average molecular weight is 318 g/mol. The molecule has 2 rings (SSSR count). The lowest BCUT2D eigenvalue weighted by Gasteiger charge is -2.25. The van der Waals surface area contributed by atoms with Crippen LogP contribution >= 0.6 is 0 Å². The Morgan fingerprint density at radius 1 is 1.35 bits per heavy atom. The maximum absolute atomic E-state index is 12.3. The van der Waals surface area contributed by atoms with E-state index in [0.29, 0.717) is 17.9 Å². The van der Waals surface area contributed by atoms with Gasteiger partial charge in [-0.1, -0.05) is 20.8 Å². The number of carbonyl (C=O) groups excluding carboxylic acids is 1. The Bertz CT molecular complexity index is 711. The molecule has 0 aliphatic heterocycles. The predicted octanol–water partition coefficient (Wildman–Crippen LogP) is 2.16. The molecule has 0 spiro atoms. The molecule has 0 saturated heterocycles. The Labute approximate surface area is 134 Å². The number of aliphatic hydroxyl groups excluding tert-OH is 1. The van der Waals surface area contributed by atoms with Crippen LogP contribution < -0.4 is 10.9 Å². The molecule has 6 heteroatoms. The molecule has 0 aromatic carbocycles. The van der Waals surface area contributed by atoms with Crippen LogP contribution in [0.25, 0.3) is 11.5 Å². The van der Waals surface area contributed by atoms with Crippen LogP contribution in [0.1, 0.15) is 37.6 Å². The number of hydrogen-bond donors (Lipinski definition) is 3. The first kappa shape index (κ1) is 17.0. The molecule has 1 amide bonds. The van der Waals surface area contributed by atoms with Crippen molar-refractivity contribution in [3.8, 4) is 11.5 Å². The lowest BCUT2D eigenvalue weighted by Crippen LogP contribution is -2.41. The molecule has 0 aliphatic rings. The van der Waals surface area contributed by atoms with Gasteiger partial charge < -0.3 is 19.8 Å². The molecule has 2 heterocycles. The van der Waals surface area contributed by atoms with Crippen molar-refractivity contribution in [3.63, 3.8) is 0 Å². The van der Waals surface area contributed by atoms with Crippen LogP contribution in [-0.2, 0) is 0 Å². The van der Waals surface area contributed by atoms with Gasteiger partial charge in [0.05, 0.1) is 24.6 Å². The molecular formula is C17H22N2O4. The molecule has 2 aromatic rings. The first-order chi connectivity index (χ1) is 10.8. The van der Waals surface area contributed by atoms with Gasteiger partial charge in [0.1, 0.15) is 11.3 Å². The molecule has 1 atom stereocenters. The zero-order valence-corrected chi connectivity index (χ0v) is 13.6. The summed E-state index contributed by atoms with van der Waals surface area (Å²) in [7, 11) is 0. The van der Waals surface area contributed by atoms with Gasteiger partial charge in [-0.25, -0.2) is 0 Å². The van der Waals surface area contributed by atoms with Gasteiger partial charge in [0, 0.05) is 0 Å². The van der Waals surface area contributed by atoms with E-state index in [1.165, 1.54) is 12.3 Å². The fourth-order valence-electron chi connectivity index (χ4n) is 2.39. The first-order valence-electron chi connectivity index (χ1n) is 7.49. The number of rotatable bonds is 5. The van der Waals surface area contributed by atoms with E-state index >= 15 is 0 Å². The molecule has 124 valence electrons. The number of aliphatic hydroxyl groups is 1. The summed E-state index contributed by atoms with van der Waals surface area (Å²) >= 11 is 0. The van der Waals surface area contributed by atoms with Gasteiger partial charge >= 0.3 is 0 Å². The highest BCUT2D eigenvalue weighted by Gasteiger charge is 2.21. The molecule has 0 aliphatic carbocycles. The lowest BCUT2D eigenvalue weighted by atomic mass is 9.88. The molecule has 0 saturated carbocycles. The second kappa shape index (κ2) is 6.83. The summed E-state index contributed by atoms with van der Waals surface area (Å²) in [5, 5.41) is 12.1. The lowest BCUT2D eigenvalue weighted by molar-refractivity contribution is 0.0896. The minimum atomic E-state index is -0.499. The third kappa shape index (κ3) is 4.56. The Balaban J connectivity index is 2.15. The molecule has 0 bridgehead atoms. The Kier molecular flexibility index (Phi) is 5.05. The molecular weight excluding hydrogens is 296 g/mol. The van der Waals surface area contributed by atoms with E-state index in [4.69, 9.17) is 4.42 Å². The number of aromatic amines is 1. The highest BCUT2D eigenvalue weighted by molar-refractivity contribution is 5.94. The zero-order valence-electron chi connectivity index (χ0n) is 13.6.